The van der Waals surface area contributed by atoms with Crippen molar-refractivity contribution in [2.24, 2.45) is 0 Å². The van der Waals surface area contributed by atoms with Crippen molar-refractivity contribution in [2.45, 2.75) is 0 Å². The van der Waals surface area contributed by atoms with Gasteiger partial charge in [0.2, 0.25) is 5.71 Å². The lowest BCUT2D eigenvalue weighted by molar-refractivity contribution is 0.650. The molecule has 0 unspecified atom stereocenters. The first-order chi connectivity index (χ1) is 27.8. The van der Waals surface area contributed by atoms with Crippen molar-refractivity contribution in [1.82, 2.24) is 18.5 Å². The van der Waals surface area contributed by atoms with Gasteiger partial charge in [-0.1, -0.05) is 103 Å². The van der Waals surface area contributed by atoms with Crippen molar-refractivity contribution in [2.75, 3.05) is 0 Å². The lowest BCUT2D eigenvalue weighted by atomic mass is 10.0. The minimum absolute atomic E-state index is 0.815. The molecule has 13 aromatic rings. The molecule has 0 amide bonds. The van der Waals surface area contributed by atoms with E-state index in [-0.39, 0.29) is 0 Å². The fraction of sp³-hybridized carbons (Fsp3) is 0. The molecule has 0 spiro atoms. The summed E-state index contributed by atoms with van der Waals surface area (Å²) in [6.07, 6.45) is 0. The molecule has 0 aliphatic carbocycles. The average Bonchev–Trinajstić information content (AvgIpc) is 4.01. The van der Waals surface area contributed by atoms with Crippen molar-refractivity contribution in [1.29, 1.82) is 0 Å². The Kier molecular flexibility index (Phi) is 5.83. The highest BCUT2D eigenvalue weighted by atomic mass is 16.3. The standard InChI is InChI=1S/C51H30N4O/c1-2-12-33(13-3-1)53-43-19-9-6-14-35(43)39-28-31(22-25-45(39)53)32-23-26-46-40(29-32)36-15-7-10-20-44(36)54(46)34-24-27-48-41(30-34)49-37-16-4-5-17-38(37)50-52-42-18-8-11-21-47(42)55(50)51(49)56-48/h1-30H. The first-order valence-corrected chi connectivity index (χ1v) is 19.1. The summed E-state index contributed by atoms with van der Waals surface area (Å²) in [6.45, 7) is 0. The number of nitrogens with zero attached hydrogens (tertiary/aromatic N) is 4. The van der Waals surface area contributed by atoms with Crippen LogP contribution in [0.2, 0.25) is 0 Å². The number of hydrogen-bond acceptors (Lipinski definition) is 2. The van der Waals surface area contributed by atoms with Gasteiger partial charge in [-0.15, -0.1) is 0 Å². The Morgan fingerprint density at radius 1 is 0.375 bits per heavy atom. The first kappa shape index (κ1) is 29.8. The van der Waals surface area contributed by atoms with Crippen LogP contribution in [0, 0.1) is 0 Å². The number of pyridine rings is 1. The summed E-state index contributed by atoms with van der Waals surface area (Å²) in [5.74, 6) is 0. The highest BCUT2D eigenvalue weighted by Crippen LogP contribution is 2.42. The van der Waals surface area contributed by atoms with E-state index in [0.717, 1.165) is 60.7 Å². The van der Waals surface area contributed by atoms with Crippen molar-refractivity contribution < 1.29 is 4.42 Å². The van der Waals surface area contributed by atoms with Gasteiger partial charge in [-0.05, 0) is 95.4 Å². The number of furan rings is 1. The maximum atomic E-state index is 6.75. The normalized spacial score (nSPS) is 12.3. The summed E-state index contributed by atoms with van der Waals surface area (Å²) >= 11 is 0. The van der Waals surface area contributed by atoms with Crippen LogP contribution in [0.1, 0.15) is 0 Å². The van der Waals surface area contributed by atoms with Crippen LogP contribution in [-0.2, 0) is 0 Å². The number of fused-ring (bicyclic) bond motifs is 16. The molecule has 5 heteroatoms. The summed E-state index contributed by atoms with van der Waals surface area (Å²) in [5.41, 5.74) is 14.0. The molecule has 5 nitrogen and oxygen atoms in total. The zero-order valence-corrected chi connectivity index (χ0v) is 30.0. The van der Waals surface area contributed by atoms with Gasteiger partial charge in [-0.25, -0.2) is 4.98 Å². The van der Waals surface area contributed by atoms with E-state index in [4.69, 9.17) is 9.40 Å². The maximum Gasteiger partial charge on any atom is 0.215 e. The fourth-order valence-electron chi connectivity index (χ4n) is 9.38. The highest BCUT2D eigenvalue weighted by molar-refractivity contribution is 6.22. The molecule has 56 heavy (non-hydrogen) atoms. The van der Waals surface area contributed by atoms with E-state index in [2.05, 4.69) is 189 Å². The van der Waals surface area contributed by atoms with Gasteiger partial charge >= 0.3 is 0 Å². The third kappa shape index (κ3) is 3.95. The van der Waals surface area contributed by atoms with Gasteiger partial charge in [-0.2, -0.15) is 0 Å². The summed E-state index contributed by atoms with van der Waals surface area (Å²) in [6, 6.07) is 65.4. The lowest BCUT2D eigenvalue weighted by Crippen LogP contribution is -1.93. The largest absolute Gasteiger partial charge is 0.439 e. The van der Waals surface area contributed by atoms with Gasteiger partial charge < -0.3 is 13.6 Å². The van der Waals surface area contributed by atoms with Crippen LogP contribution >= 0.6 is 0 Å². The number of benzene rings is 8. The van der Waals surface area contributed by atoms with Gasteiger partial charge in [0.05, 0.1) is 38.5 Å². The number of hydrogen-bond donors (Lipinski definition) is 0. The fourth-order valence-corrected chi connectivity index (χ4v) is 9.38. The SMILES string of the molecule is c1ccc(-n2c3ccccc3c3cc(-c4ccc5c(c4)c4ccccc4n5-c4ccc5oc6c(c5c4)c4ccccc4c4nc5ccccc5n46)ccc32)cc1. The second-order valence-electron chi connectivity index (χ2n) is 14.8. The smallest absolute Gasteiger partial charge is 0.215 e. The molecule has 8 aromatic carbocycles. The van der Waals surface area contributed by atoms with Crippen LogP contribution in [0.4, 0.5) is 0 Å². The third-order valence-electron chi connectivity index (χ3n) is 11.8. The second-order valence-corrected chi connectivity index (χ2v) is 14.8. The Bertz CT molecular complexity index is 3770. The Balaban J connectivity index is 1.02. The molecule has 13 rings (SSSR count). The molecule has 0 fully saturated rings. The van der Waals surface area contributed by atoms with E-state index in [0.29, 0.717) is 0 Å². The van der Waals surface area contributed by atoms with Gasteiger partial charge in [0.15, 0.2) is 0 Å². The second kappa shape index (κ2) is 11.0. The monoisotopic (exact) mass is 714 g/mol. The topological polar surface area (TPSA) is 40.3 Å². The van der Waals surface area contributed by atoms with Gasteiger partial charge in [-0.3, -0.25) is 4.40 Å². The Labute approximate surface area is 319 Å². The van der Waals surface area contributed by atoms with E-state index in [1.54, 1.807) is 0 Å². The van der Waals surface area contributed by atoms with Crippen LogP contribution in [0.15, 0.2) is 186 Å². The van der Waals surface area contributed by atoms with Crippen molar-refractivity contribution in [3.8, 4) is 22.5 Å². The molecule has 5 heterocycles. The molecule has 0 aliphatic heterocycles. The van der Waals surface area contributed by atoms with Gasteiger partial charge in [0.1, 0.15) is 11.2 Å². The van der Waals surface area contributed by atoms with E-state index in [1.807, 2.05) is 6.07 Å². The molecule has 0 radical (unpaired) electrons. The van der Waals surface area contributed by atoms with Gasteiger partial charge in [0, 0.05) is 43.7 Å². The van der Waals surface area contributed by atoms with Crippen molar-refractivity contribution in [3.05, 3.63) is 182 Å². The maximum absolute atomic E-state index is 6.75. The van der Waals surface area contributed by atoms with E-state index < -0.39 is 0 Å². The third-order valence-corrected chi connectivity index (χ3v) is 11.8. The molecule has 260 valence electrons. The van der Waals surface area contributed by atoms with Gasteiger partial charge in [0.25, 0.3) is 0 Å². The molecule has 0 saturated heterocycles. The number of aromatic nitrogens is 4. The quantitative estimate of drug-likeness (QED) is 0.183. The minimum atomic E-state index is 0.815. The van der Waals surface area contributed by atoms with Crippen LogP contribution in [0.25, 0.3) is 116 Å². The number of imidazole rings is 1. The summed E-state index contributed by atoms with van der Waals surface area (Å²) in [4.78, 5) is 5.06. The van der Waals surface area contributed by atoms with Crippen LogP contribution in [0.5, 0.6) is 0 Å². The Morgan fingerprint density at radius 2 is 0.929 bits per heavy atom. The highest BCUT2D eigenvalue weighted by Gasteiger charge is 2.21. The predicted octanol–water partition coefficient (Wildman–Crippen LogP) is 13.4. The Hall–Kier alpha value is -7.63. The number of rotatable bonds is 3. The summed E-state index contributed by atoms with van der Waals surface area (Å²) in [7, 11) is 0. The molecule has 0 aliphatic rings. The minimum Gasteiger partial charge on any atom is -0.439 e. The van der Waals surface area contributed by atoms with Crippen molar-refractivity contribution >= 4 is 93.1 Å². The summed E-state index contributed by atoms with van der Waals surface area (Å²) in [5, 5.41) is 9.37. The molecular weight excluding hydrogens is 685 g/mol. The molecule has 0 atom stereocenters. The van der Waals surface area contributed by atoms with Crippen LogP contribution in [-0.4, -0.2) is 18.5 Å². The molecule has 5 aromatic heterocycles. The molecule has 0 saturated carbocycles. The average molecular weight is 715 g/mol. The van der Waals surface area contributed by atoms with E-state index >= 15 is 0 Å². The zero-order chi connectivity index (χ0) is 36.5. The van der Waals surface area contributed by atoms with Crippen LogP contribution in [0.3, 0.4) is 0 Å². The zero-order valence-electron chi connectivity index (χ0n) is 30.0. The molecule has 0 bridgehead atoms. The number of para-hydroxylation sites is 5. The Morgan fingerprint density at radius 3 is 1.62 bits per heavy atom. The first-order valence-electron chi connectivity index (χ1n) is 19.1. The van der Waals surface area contributed by atoms with E-state index in [9.17, 15) is 0 Å². The van der Waals surface area contributed by atoms with E-state index in [1.165, 1.54) is 54.9 Å². The molecular formula is C51H30N4O. The molecule has 0 N–H and O–H groups in total. The lowest BCUT2D eigenvalue weighted by Gasteiger charge is -2.10. The van der Waals surface area contributed by atoms with Crippen molar-refractivity contribution in [3.63, 3.8) is 0 Å². The summed E-state index contributed by atoms with van der Waals surface area (Å²) < 4.78 is 13.7. The van der Waals surface area contributed by atoms with Crippen LogP contribution < -0.4 is 0 Å². The predicted molar refractivity (Wildman–Crippen MR) is 232 cm³/mol.